The zero-order valence-electron chi connectivity index (χ0n) is 12.5. The van der Waals surface area contributed by atoms with Crippen molar-refractivity contribution in [2.45, 2.75) is 6.92 Å². The number of amides is 1. The highest BCUT2D eigenvalue weighted by Gasteiger charge is 2.11. The molecule has 0 saturated carbocycles. The van der Waals surface area contributed by atoms with Crippen molar-refractivity contribution in [3.05, 3.63) is 64.1 Å². The third kappa shape index (κ3) is 4.70. The van der Waals surface area contributed by atoms with E-state index < -0.39 is 5.91 Å². The second kappa shape index (κ2) is 8.16. The molecule has 0 spiro atoms. The van der Waals surface area contributed by atoms with Gasteiger partial charge in [0.25, 0.3) is 5.91 Å². The molecule has 0 atom stereocenters. The zero-order valence-corrected chi connectivity index (χ0v) is 14.1. The van der Waals surface area contributed by atoms with Gasteiger partial charge in [0.1, 0.15) is 17.4 Å². The van der Waals surface area contributed by atoms with E-state index in [4.69, 9.17) is 4.74 Å². The molecule has 0 aliphatic carbocycles. The molecule has 1 amide bonds. The molecule has 5 heteroatoms. The highest BCUT2D eigenvalue weighted by Crippen LogP contribution is 2.22. The Morgan fingerprint density at radius 1 is 1.26 bits per heavy atom. The molecule has 23 heavy (non-hydrogen) atoms. The fourth-order valence-electron chi connectivity index (χ4n) is 1.89. The van der Waals surface area contributed by atoms with Crippen LogP contribution in [0.3, 0.4) is 0 Å². The van der Waals surface area contributed by atoms with E-state index in [9.17, 15) is 10.1 Å². The number of ether oxygens (including phenoxy) is 1. The maximum absolute atomic E-state index is 12.2. The lowest BCUT2D eigenvalue weighted by molar-refractivity contribution is -0.112. The van der Waals surface area contributed by atoms with E-state index in [0.29, 0.717) is 12.3 Å². The van der Waals surface area contributed by atoms with Gasteiger partial charge in [0.05, 0.1) is 12.3 Å². The highest BCUT2D eigenvalue weighted by molar-refractivity contribution is 9.10. The minimum Gasteiger partial charge on any atom is -0.494 e. The second-order valence-corrected chi connectivity index (χ2v) is 5.46. The molecule has 2 aromatic carbocycles. The monoisotopic (exact) mass is 370 g/mol. The first-order chi connectivity index (χ1) is 11.1. The molecule has 0 aliphatic heterocycles. The fraction of sp³-hybridized carbons (Fsp3) is 0.111. The molecule has 0 saturated heterocycles. The van der Waals surface area contributed by atoms with Crippen molar-refractivity contribution in [1.82, 2.24) is 0 Å². The van der Waals surface area contributed by atoms with E-state index in [1.54, 1.807) is 36.4 Å². The van der Waals surface area contributed by atoms with Crippen molar-refractivity contribution in [2.75, 3.05) is 11.9 Å². The van der Waals surface area contributed by atoms with Crippen molar-refractivity contribution in [2.24, 2.45) is 0 Å². The molecular formula is C18H15BrN2O2. The van der Waals surface area contributed by atoms with Gasteiger partial charge in [0.15, 0.2) is 0 Å². The number of nitrogens with one attached hydrogen (secondary N) is 1. The van der Waals surface area contributed by atoms with Crippen LogP contribution >= 0.6 is 15.9 Å². The number of rotatable bonds is 5. The Morgan fingerprint density at radius 3 is 2.57 bits per heavy atom. The van der Waals surface area contributed by atoms with Crippen LogP contribution < -0.4 is 10.1 Å². The van der Waals surface area contributed by atoms with E-state index in [0.717, 1.165) is 15.8 Å². The lowest BCUT2D eigenvalue weighted by Gasteiger charge is -2.06. The summed E-state index contributed by atoms with van der Waals surface area (Å²) < 4.78 is 6.12. The van der Waals surface area contributed by atoms with Crippen molar-refractivity contribution in [3.63, 3.8) is 0 Å². The Kier molecular flexibility index (Phi) is 5.95. The van der Waals surface area contributed by atoms with Crippen LogP contribution in [0.25, 0.3) is 6.08 Å². The van der Waals surface area contributed by atoms with Crippen LogP contribution in [0, 0.1) is 11.3 Å². The Morgan fingerprint density at radius 2 is 1.96 bits per heavy atom. The predicted octanol–water partition coefficient (Wildman–Crippen LogP) is 4.39. The lowest BCUT2D eigenvalue weighted by atomic mass is 10.1. The summed E-state index contributed by atoms with van der Waals surface area (Å²) in [6, 6.07) is 16.4. The maximum Gasteiger partial charge on any atom is 0.266 e. The smallest absolute Gasteiger partial charge is 0.266 e. The summed E-state index contributed by atoms with van der Waals surface area (Å²) in [5.74, 6) is 0.300. The summed E-state index contributed by atoms with van der Waals surface area (Å²) in [6.07, 6.45) is 1.54. The van der Waals surface area contributed by atoms with Crippen LogP contribution in [0.2, 0.25) is 0 Å². The van der Waals surface area contributed by atoms with Gasteiger partial charge in [-0.3, -0.25) is 4.79 Å². The molecule has 0 unspecified atom stereocenters. The molecule has 2 rings (SSSR count). The third-order valence-electron chi connectivity index (χ3n) is 2.99. The standard InChI is InChI=1S/C18H15BrN2O2/c1-2-23-15-9-7-13(8-10-15)11-14(12-20)18(22)21-17-6-4-3-5-16(17)19/h3-11H,2H2,1H3,(H,21,22)/b14-11+. The van der Waals surface area contributed by atoms with Gasteiger partial charge in [0.2, 0.25) is 0 Å². The van der Waals surface area contributed by atoms with Crippen LogP contribution in [-0.2, 0) is 4.79 Å². The number of halogens is 1. The molecule has 0 fully saturated rings. The van der Waals surface area contributed by atoms with Gasteiger partial charge < -0.3 is 10.1 Å². The Labute approximate surface area is 143 Å². The van der Waals surface area contributed by atoms with Gasteiger partial charge in [-0.15, -0.1) is 0 Å². The van der Waals surface area contributed by atoms with Crippen LogP contribution in [-0.4, -0.2) is 12.5 Å². The number of hydrogen-bond donors (Lipinski definition) is 1. The first kappa shape index (κ1) is 16.8. The number of hydrogen-bond acceptors (Lipinski definition) is 3. The topological polar surface area (TPSA) is 62.1 Å². The number of para-hydroxylation sites is 1. The summed E-state index contributed by atoms with van der Waals surface area (Å²) in [5, 5.41) is 11.9. The van der Waals surface area contributed by atoms with E-state index in [-0.39, 0.29) is 5.57 Å². The summed E-state index contributed by atoms with van der Waals surface area (Å²) in [7, 11) is 0. The van der Waals surface area contributed by atoms with Gasteiger partial charge in [-0.05, 0) is 58.8 Å². The van der Waals surface area contributed by atoms with Gasteiger partial charge in [-0.1, -0.05) is 24.3 Å². The van der Waals surface area contributed by atoms with Gasteiger partial charge in [0, 0.05) is 4.47 Å². The molecule has 0 heterocycles. The number of carbonyl (C=O) groups excluding carboxylic acids is 1. The van der Waals surface area contributed by atoms with Crippen LogP contribution in [0.5, 0.6) is 5.75 Å². The molecular weight excluding hydrogens is 356 g/mol. The molecule has 116 valence electrons. The summed E-state index contributed by atoms with van der Waals surface area (Å²) >= 11 is 3.35. The van der Waals surface area contributed by atoms with E-state index >= 15 is 0 Å². The van der Waals surface area contributed by atoms with E-state index in [1.807, 2.05) is 31.2 Å². The first-order valence-electron chi connectivity index (χ1n) is 7.04. The van der Waals surface area contributed by atoms with Gasteiger partial charge >= 0.3 is 0 Å². The highest BCUT2D eigenvalue weighted by atomic mass is 79.9. The molecule has 1 N–H and O–H groups in total. The minimum absolute atomic E-state index is 0.0323. The SMILES string of the molecule is CCOc1ccc(/C=C(\C#N)C(=O)Nc2ccccc2Br)cc1. The summed E-state index contributed by atoms with van der Waals surface area (Å²) in [4.78, 5) is 12.2. The van der Waals surface area contributed by atoms with Gasteiger partial charge in [-0.25, -0.2) is 0 Å². The fourth-order valence-corrected chi connectivity index (χ4v) is 2.28. The summed E-state index contributed by atoms with van der Waals surface area (Å²) in [5.41, 5.74) is 1.41. The zero-order chi connectivity index (χ0) is 16.7. The average molecular weight is 371 g/mol. The quantitative estimate of drug-likeness (QED) is 0.626. The number of carbonyl (C=O) groups is 1. The predicted molar refractivity (Wildman–Crippen MR) is 94.0 cm³/mol. The second-order valence-electron chi connectivity index (χ2n) is 4.61. The van der Waals surface area contributed by atoms with Crippen LogP contribution in [0.4, 0.5) is 5.69 Å². The molecule has 0 bridgehead atoms. The number of anilines is 1. The Bertz CT molecular complexity index is 761. The van der Waals surface area contributed by atoms with Crippen LogP contribution in [0.1, 0.15) is 12.5 Å². The van der Waals surface area contributed by atoms with E-state index in [1.165, 1.54) is 0 Å². The Hall–Kier alpha value is -2.58. The average Bonchev–Trinajstić information content (AvgIpc) is 2.56. The van der Waals surface area contributed by atoms with Crippen molar-refractivity contribution >= 4 is 33.6 Å². The largest absolute Gasteiger partial charge is 0.494 e. The summed E-state index contributed by atoms with van der Waals surface area (Å²) in [6.45, 7) is 2.50. The first-order valence-corrected chi connectivity index (χ1v) is 7.84. The molecule has 0 aliphatic rings. The number of nitrogens with zero attached hydrogens (tertiary/aromatic N) is 1. The third-order valence-corrected chi connectivity index (χ3v) is 3.68. The van der Waals surface area contributed by atoms with Crippen LogP contribution in [0.15, 0.2) is 58.6 Å². The minimum atomic E-state index is -0.451. The van der Waals surface area contributed by atoms with E-state index in [2.05, 4.69) is 21.2 Å². The molecule has 0 radical (unpaired) electrons. The number of nitriles is 1. The lowest BCUT2D eigenvalue weighted by Crippen LogP contribution is -2.13. The maximum atomic E-state index is 12.2. The number of benzene rings is 2. The van der Waals surface area contributed by atoms with Crippen molar-refractivity contribution in [1.29, 1.82) is 5.26 Å². The van der Waals surface area contributed by atoms with Crippen molar-refractivity contribution in [3.8, 4) is 11.8 Å². The Balaban J connectivity index is 2.16. The molecule has 2 aromatic rings. The molecule has 4 nitrogen and oxygen atoms in total. The molecule has 0 aromatic heterocycles. The van der Waals surface area contributed by atoms with Gasteiger partial charge in [-0.2, -0.15) is 5.26 Å². The van der Waals surface area contributed by atoms with Crippen molar-refractivity contribution < 1.29 is 9.53 Å². The normalized spacial score (nSPS) is 10.7.